The van der Waals surface area contributed by atoms with Crippen LogP contribution in [0.4, 0.5) is 0 Å². The second kappa shape index (κ2) is 7.41. The van der Waals surface area contributed by atoms with Crippen molar-refractivity contribution < 1.29 is 4.79 Å². The van der Waals surface area contributed by atoms with Gasteiger partial charge in [0.1, 0.15) is 5.69 Å². The summed E-state index contributed by atoms with van der Waals surface area (Å²) < 4.78 is 0. The van der Waals surface area contributed by atoms with Crippen LogP contribution in [0.2, 0.25) is 0 Å². The molecule has 0 spiro atoms. The number of piperidine rings is 1. The van der Waals surface area contributed by atoms with Gasteiger partial charge in [-0.05, 0) is 33.0 Å². The van der Waals surface area contributed by atoms with Crippen LogP contribution in [0, 0.1) is 0 Å². The molecular formula is C12H19ClN4O. The first-order chi connectivity index (χ1) is 8.27. The van der Waals surface area contributed by atoms with E-state index in [9.17, 15) is 4.79 Å². The molecule has 100 valence electrons. The molecule has 1 saturated heterocycles. The number of nitrogens with one attached hydrogen (secondary N) is 1. The van der Waals surface area contributed by atoms with Crippen molar-refractivity contribution in [1.82, 2.24) is 20.2 Å². The minimum absolute atomic E-state index is 0. The summed E-state index contributed by atoms with van der Waals surface area (Å²) >= 11 is 0. The quantitative estimate of drug-likeness (QED) is 0.819. The maximum absolute atomic E-state index is 11.9. The standard InChI is InChI=1S/C12H18N4O.ClH/c1-16(10-2-4-13-5-3-10)9-12(17)11-8-14-6-7-15-11;/h6-8,10,13H,2-5,9H2,1H3;1H. The molecular weight excluding hydrogens is 252 g/mol. The summed E-state index contributed by atoms with van der Waals surface area (Å²) in [7, 11) is 2.00. The van der Waals surface area contributed by atoms with Crippen molar-refractivity contribution in [2.75, 3.05) is 26.7 Å². The average Bonchev–Trinajstić information content (AvgIpc) is 2.40. The Bertz CT molecular complexity index is 368. The van der Waals surface area contributed by atoms with Gasteiger partial charge in [-0.25, -0.2) is 4.98 Å². The molecule has 1 aromatic heterocycles. The zero-order valence-electron chi connectivity index (χ0n) is 10.5. The third kappa shape index (κ3) is 4.01. The lowest BCUT2D eigenvalue weighted by molar-refractivity contribution is 0.0898. The van der Waals surface area contributed by atoms with Gasteiger partial charge in [-0.15, -0.1) is 12.4 Å². The molecule has 2 rings (SSSR count). The van der Waals surface area contributed by atoms with Crippen LogP contribution in [0.25, 0.3) is 0 Å². The summed E-state index contributed by atoms with van der Waals surface area (Å²) in [5.41, 5.74) is 0.452. The highest BCUT2D eigenvalue weighted by Crippen LogP contribution is 2.10. The third-order valence-corrected chi connectivity index (χ3v) is 3.17. The molecule has 0 unspecified atom stereocenters. The second-order valence-corrected chi connectivity index (χ2v) is 4.41. The van der Waals surface area contributed by atoms with E-state index in [1.165, 1.54) is 6.20 Å². The monoisotopic (exact) mass is 270 g/mol. The Labute approximate surface area is 113 Å². The van der Waals surface area contributed by atoms with Crippen molar-refractivity contribution in [1.29, 1.82) is 0 Å². The zero-order valence-corrected chi connectivity index (χ0v) is 11.3. The van der Waals surface area contributed by atoms with Crippen molar-refractivity contribution in [3.8, 4) is 0 Å². The van der Waals surface area contributed by atoms with Crippen LogP contribution in [-0.2, 0) is 0 Å². The highest BCUT2D eigenvalue weighted by atomic mass is 35.5. The number of hydrogen-bond donors (Lipinski definition) is 1. The summed E-state index contributed by atoms with van der Waals surface area (Å²) in [4.78, 5) is 22.0. The van der Waals surface area contributed by atoms with Gasteiger partial charge in [0.25, 0.3) is 0 Å². The van der Waals surface area contributed by atoms with Crippen LogP contribution in [0.1, 0.15) is 23.3 Å². The van der Waals surface area contributed by atoms with E-state index in [4.69, 9.17) is 0 Å². The van der Waals surface area contributed by atoms with Gasteiger partial charge >= 0.3 is 0 Å². The zero-order chi connectivity index (χ0) is 12.1. The summed E-state index contributed by atoms with van der Waals surface area (Å²) in [5, 5.41) is 3.32. The molecule has 1 aliphatic heterocycles. The van der Waals surface area contributed by atoms with Gasteiger partial charge in [0.05, 0.1) is 12.7 Å². The van der Waals surface area contributed by atoms with Crippen LogP contribution >= 0.6 is 12.4 Å². The maximum atomic E-state index is 11.9. The highest BCUT2D eigenvalue weighted by Gasteiger charge is 2.20. The first-order valence-electron chi connectivity index (χ1n) is 5.97. The Kier molecular flexibility index (Phi) is 6.18. The number of carbonyl (C=O) groups is 1. The number of likely N-dealkylation sites (N-methyl/N-ethyl adjacent to an activating group) is 1. The minimum atomic E-state index is 0. The molecule has 1 aromatic rings. The molecule has 2 heterocycles. The summed E-state index contributed by atoms with van der Waals surface area (Å²) in [6.07, 6.45) is 6.86. The van der Waals surface area contributed by atoms with Gasteiger partial charge in [-0.1, -0.05) is 0 Å². The summed E-state index contributed by atoms with van der Waals surface area (Å²) in [6.45, 7) is 2.49. The van der Waals surface area contributed by atoms with Crippen molar-refractivity contribution in [2.24, 2.45) is 0 Å². The van der Waals surface area contributed by atoms with E-state index in [1.807, 2.05) is 7.05 Å². The number of aromatic nitrogens is 2. The predicted octanol–water partition coefficient (Wildman–Crippen LogP) is 0.765. The molecule has 0 radical (unpaired) electrons. The lowest BCUT2D eigenvalue weighted by Gasteiger charge is -2.30. The molecule has 1 N–H and O–H groups in total. The lowest BCUT2D eigenvalue weighted by Crippen LogP contribution is -2.43. The van der Waals surface area contributed by atoms with Crippen LogP contribution in [-0.4, -0.2) is 53.4 Å². The Morgan fingerprint density at radius 3 is 2.78 bits per heavy atom. The second-order valence-electron chi connectivity index (χ2n) is 4.41. The average molecular weight is 271 g/mol. The van der Waals surface area contributed by atoms with Crippen molar-refractivity contribution in [2.45, 2.75) is 18.9 Å². The molecule has 0 aliphatic carbocycles. The fourth-order valence-electron chi connectivity index (χ4n) is 2.13. The SMILES string of the molecule is CN(CC(=O)c1cnccn1)C1CCNCC1.Cl. The summed E-state index contributed by atoms with van der Waals surface area (Å²) in [5.74, 6) is 0.0409. The largest absolute Gasteiger partial charge is 0.317 e. The highest BCUT2D eigenvalue weighted by molar-refractivity contribution is 5.95. The fraction of sp³-hybridized carbons (Fsp3) is 0.583. The number of ketones is 1. The van der Waals surface area contributed by atoms with Crippen LogP contribution in [0.5, 0.6) is 0 Å². The van der Waals surface area contributed by atoms with Crippen molar-refractivity contribution in [3.63, 3.8) is 0 Å². The topological polar surface area (TPSA) is 58.1 Å². The van der Waals surface area contributed by atoms with E-state index in [0.29, 0.717) is 18.3 Å². The van der Waals surface area contributed by atoms with Crippen LogP contribution in [0.3, 0.4) is 0 Å². The first kappa shape index (κ1) is 15.0. The van der Waals surface area contributed by atoms with E-state index in [0.717, 1.165) is 25.9 Å². The molecule has 0 amide bonds. The van der Waals surface area contributed by atoms with E-state index in [-0.39, 0.29) is 18.2 Å². The molecule has 0 bridgehead atoms. The van der Waals surface area contributed by atoms with Gasteiger partial charge < -0.3 is 5.32 Å². The number of nitrogens with zero attached hydrogens (tertiary/aromatic N) is 3. The Hall–Kier alpha value is -1.04. The molecule has 5 nitrogen and oxygen atoms in total. The number of carbonyl (C=O) groups excluding carboxylic acids is 1. The van der Waals surface area contributed by atoms with E-state index >= 15 is 0 Å². The number of rotatable bonds is 4. The Morgan fingerprint density at radius 1 is 1.44 bits per heavy atom. The van der Waals surface area contributed by atoms with Gasteiger partial charge in [-0.3, -0.25) is 14.7 Å². The van der Waals surface area contributed by atoms with E-state index in [1.54, 1.807) is 12.4 Å². The minimum Gasteiger partial charge on any atom is -0.317 e. The third-order valence-electron chi connectivity index (χ3n) is 3.17. The summed E-state index contributed by atoms with van der Waals surface area (Å²) in [6, 6.07) is 0.497. The Morgan fingerprint density at radius 2 is 2.17 bits per heavy atom. The van der Waals surface area contributed by atoms with Crippen molar-refractivity contribution in [3.05, 3.63) is 24.3 Å². The molecule has 0 aromatic carbocycles. The molecule has 0 atom stereocenters. The Balaban J connectivity index is 0.00000162. The van der Waals surface area contributed by atoms with Crippen LogP contribution in [0.15, 0.2) is 18.6 Å². The number of halogens is 1. The van der Waals surface area contributed by atoms with E-state index < -0.39 is 0 Å². The molecule has 6 heteroatoms. The normalized spacial score (nSPS) is 16.3. The first-order valence-corrected chi connectivity index (χ1v) is 5.97. The fourth-order valence-corrected chi connectivity index (χ4v) is 2.13. The van der Waals surface area contributed by atoms with Gasteiger partial charge in [0.2, 0.25) is 0 Å². The number of Topliss-reactive ketones (excluding diaryl/α,β-unsaturated/α-hetero) is 1. The van der Waals surface area contributed by atoms with E-state index in [2.05, 4.69) is 20.2 Å². The maximum Gasteiger partial charge on any atom is 0.196 e. The smallest absolute Gasteiger partial charge is 0.196 e. The molecule has 0 saturated carbocycles. The van der Waals surface area contributed by atoms with Gasteiger partial charge in [0, 0.05) is 18.4 Å². The van der Waals surface area contributed by atoms with Gasteiger partial charge in [-0.2, -0.15) is 0 Å². The molecule has 18 heavy (non-hydrogen) atoms. The predicted molar refractivity (Wildman–Crippen MR) is 72.1 cm³/mol. The lowest BCUT2D eigenvalue weighted by atomic mass is 10.1. The molecule has 1 aliphatic rings. The molecule has 1 fully saturated rings. The van der Waals surface area contributed by atoms with Crippen molar-refractivity contribution >= 4 is 18.2 Å². The van der Waals surface area contributed by atoms with Crippen LogP contribution < -0.4 is 5.32 Å². The number of hydrogen-bond acceptors (Lipinski definition) is 5. The van der Waals surface area contributed by atoms with Gasteiger partial charge in [0.15, 0.2) is 5.78 Å².